The molecule has 0 amide bonds. The van der Waals surface area contributed by atoms with Crippen LogP contribution in [0.1, 0.15) is 45.6 Å². The average molecular weight is 398 g/mol. The third-order valence-electron chi connectivity index (χ3n) is 3.94. The lowest BCUT2D eigenvalue weighted by atomic mass is 10.2. The topological polar surface area (TPSA) is 104 Å². The second-order valence-electron chi connectivity index (χ2n) is 5.95. The molecule has 0 saturated carbocycles. The van der Waals surface area contributed by atoms with Gasteiger partial charge in [0.1, 0.15) is 17.1 Å². The van der Waals surface area contributed by atoms with Crippen molar-refractivity contribution in [3.8, 4) is 0 Å². The van der Waals surface area contributed by atoms with Crippen molar-refractivity contribution < 1.29 is 4.55 Å². The Labute approximate surface area is 167 Å². The van der Waals surface area contributed by atoms with E-state index in [1.54, 1.807) is 37.5 Å². The van der Waals surface area contributed by atoms with Crippen molar-refractivity contribution in [2.24, 2.45) is 10.2 Å². The van der Waals surface area contributed by atoms with Crippen LogP contribution in [0.3, 0.4) is 0 Å². The van der Waals surface area contributed by atoms with Gasteiger partial charge in [-0.25, -0.2) is 15.0 Å². The van der Waals surface area contributed by atoms with Crippen LogP contribution in [-0.2, 0) is 11.2 Å². The van der Waals surface area contributed by atoms with Gasteiger partial charge in [-0.1, -0.05) is 12.5 Å². The monoisotopic (exact) mass is 397 g/mol. The maximum absolute atomic E-state index is 12.8. The Morgan fingerprint density at radius 3 is 2.43 bits per heavy atom. The number of rotatable bonds is 8. The van der Waals surface area contributed by atoms with Gasteiger partial charge in [-0.3, -0.25) is 4.98 Å². The van der Waals surface area contributed by atoms with Crippen LogP contribution in [0.15, 0.2) is 63.5 Å². The van der Waals surface area contributed by atoms with Crippen molar-refractivity contribution in [1.82, 2.24) is 15.0 Å². The van der Waals surface area contributed by atoms with Crippen molar-refractivity contribution in [2.45, 2.75) is 34.1 Å². The van der Waals surface area contributed by atoms with Crippen molar-refractivity contribution in [1.29, 1.82) is 0 Å². The number of pyridine rings is 1. The van der Waals surface area contributed by atoms with Crippen LogP contribution >= 0.6 is 0 Å². The van der Waals surface area contributed by atoms with Crippen LogP contribution in [0.25, 0.3) is 5.70 Å². The summed E-state index contributed by atoms with van der Waals surface area (Å²) >= 11 is -1.27. The fraction of sp³-hybridized carbons (Fsp3) is 0.300. The lowest BCUT2D eigenvalue weighted by Crippen LogP contribution is -2.10. The highest BCUT2D eigenvalue weighted by atomic mass is 32.2. The molecule has 0 aliphatic carbocycles. The number of nitroso groups, excluding NO2 is 1. The molecule has 0 radical (unpaired) electrons. The van der Waals surface area contributed by atoms with Crippen LogP contribution in [0.2, 0.25) is 0 Å². The summed E-state index contributed by atoms with van der Waals surface area (Å²) in [6, 6.07) is 4.93. The Hall–Kier alpha value is -2.71. The lowest BCUT2D eigenvalue weighted by molar-refractivity contribution is 0.603. The molecule has 1 unspecified atom stereocenters. The number of aliphatic imine (C=N–C) groups is 1. The normalized spacial score (nSPS) is 14.5. The third kappa shape index (κ3) is 5.64. The molecule has 146 valence electrons. The molecule has 8 heteroatoms. The number of aromatic nitrogens is 3. The highest BCUT2D eigenvalue weighted by molar-refractivity contribution is 7.95. The quantitative estimate of drug-likeness (QED) is 0.281. The van der Waals surface area contributed by atoms with E-state index in [0.717, 1.165) is 12.0 Å². The van der Waals surface area contributed by atoms with Crippen molar-refractivity contribution >= 4 is 28.3 Å². The molecular formula is C20H23N5O2S. The smallest absolute Gasteiger partial charge is 0.180 e. The first-order valence-electron chi connectivity index (χ1n) is 8.92. The molecular weight excluding hydrogens is 374 g/mol. The predicted molar refractivity (Wildman–Crippen MR) is 114 cm³/mol. The molecule has 0 aliphatic heterocycles. The minimum atomic E-state index is -1.27. The molecule has 0 aliphatic rings. The second-order valence-corrected chi connectivity index (χ2v) is 7.66. The molecule has 7 nitrogen and oxygen atoms in total. The third-order valence-corrected chi connectivity index (χ3v) is 5.27. The highest BCUT2D eigenvalue weighted by Crippen LogP contribution is 2.27. The number of nitrogens with zero attached hydrogens (tertiary/aromatic N) is 5. The van der Waals surface area contributed by atoms with Gasteiger partial charge in [0, 0.05) is 12.4 Å². The number of hydrogen-bond donors (Lipinski definition) is 0. The summed E-state index contributed by atoms with van der Waals surface area (Å²) in [5, 5.41) is 2.88. The molecule has 28 heavy (non-hydrogen) atoms. The zero-order chi connectivity index (χ0) is 20.5. The summed E-state index contributed by atoms with van der Waals surface area (Å²) in [5.74, 6) is 0.917. The highest BCUT2D eigenvalue weighted by Gasteiger charge is 2.20. The summed E-state index contributed by atoms with van der Waals surface area (Å²) in [6.45, 7) is 7.66. The molecule has 2 aromatic rings. The van der Waals surface area contributed by atoms with Crippen LogP contribution in [0, 0.1) is 4.91 Å². The Kier molecular flexibility index (Phi) is 8.16. The Bertz CT molecular complexity index is 893. The summed E-state index contributed by atoms with van der Waals surface area (Å²) in [6.07, 6.45) is 7.36. The maximum atomic E-state index is 12.8. The molecule has 2 heterocycles. The number of allylic oxidation sites excluding steroid dienone is 2. The molecule has 0 fully saturated rings. The second kappa shape index (κ2) is 10.6. The zero-order valence-electron chi connectivity index (χ0n) is 16.4. The van der Waals surface area contributed by atoms with Crippen molar-refractivity contribution in [3.63, 3.8) is 0 Å². The van der Waals surface area contributed by atoms with E-state index in [1.165, 1.54) is 6.20 Å². The minimum absolute atomic E-state index is 0.216. The first kappa shape index (κ1) is 21.6. The molecule has 0 N–H and O–H groups in total. The van der Waals surface area contributed by atoms with E-state index in [-0.39, 0.29) is 5.69 Å². The van der Waals surface area contributed by atoms with E-state index < -0.39 is 11.2 Å². The Morgan fingerprint density at radius 2 is 1.89 bits per heavy atom. The molecule has 0 saturated heterocycles. The van der Waals surface area contributed by atoms with Crippen molar-refractivity contribution in [3.05, 3.63) is 69.8 Å². The first-order chi connectivity index (χ1) is 13.5. The fourth-order valence-corrected chi connectivity index (χ4v) is 3.26. The minimum Gasteiger partial charge on any atom is -0.611 e. The van der Waals surface area contributed by atoms with Gasteiger partial charge in [0.15, 0.2) is 10.7 Å². The van der Waals surface area contributed by atoms with Crippen LogP contribution in [0.5, 0.6) is 0 Å². The maximum Gasteiger partial charge on any atom is 0.180 e. The zero-order valence-corrected chi connectivity index (χ0v) is 17.2. The summed E-state index contributed by atoms with van der Waals surface area (Å²) in [7, 11) is 0. The molecule has 0 bridgehead atoms. The largest absolute Gasteiger partial charge is 0.611 e. The summed E-state index contributed by atoms with van der Waals surface area (Å²) in [5.41, 5.74) is 2.83. The van der Waals surface area contributed by atoms with Gasteiger partial charge in [-0.2, -0.15) is 0 Å². The van der Waals surface area contributed by atoms with Gasteiger partial charge in [0.25, 0.3) is 0 Å². The van der Waals surface area contributed by atoms with E-state index in [0.29, 0.717) is 33.6 Å². The van der Waals surface area contributed by atoms with Gasteiger partial charge in [-0.05, 0) is 67.8 Å². The van der Waals surface area contributed by atoms with E-state index in [9.17, 15) is 9.46 Å². The fourth-order valence-electron chi connectivity index (χ4n) is 2.25. The van der Waals surface area contributed by atoms with E-state index >= 15 is 0 Å². The van der Waals surface area contributed by atoms with Gasteiger partial charge in [-0.15, -0.1) is 4.91 Å². The van der Waals surface area contributed by atoms with Crippen LogP contribution in [0.4, 0.5) is 5.69 Å². The van der Waals surface area contributed by atoms with Gasteiger partial charge in [0.05, 0.1) is 17.6 Å². The predicted octanol–water partition coefficient (Wildman–Crippen LogP) is 4.57. The molecule has 2 rings (SSSR count). The van der Waals surface area contributed by atoms with Crippen molar-refractivity contribution in [2.75, 3.05) is 5.75 Å². The standard InChI is InChI=1S/C20H23N5O2S/c1-5-14(3)12-18(28(27)6-2)19(17-9-8-16(25-26)13-23-17)24-15(4)20-21-10-7-11-22-20/h7-13H,5-6H2,1-4H3/b14-12+,19-18+,24-15+. The summed E-state index contributed by atoms with van der Waals surface area (Å²) in [4.78, 5) is 28.7. The molecule has 2 aromatic heterocycles. The van der Waals surface area contributed by atoms with Gasteiger partial charge >= 0.3 is 0 Å². The number of hydrogen-bond acceptors (Lipinski definition) is 7. The van der Waals surface area contributed by atoms with E-state index in [4.69, 9.17) is 4.99 Å². The molecule has 1 atom stereocenters. The van der Waals surface area contributed by atoms with Crippen LogP contribution < -0.4 is 0 Å². The van der Waals surface area contributed by atoms with Gasteiger partial charge < -0.3 is 4.55 Å². The average Bonchev–Trinajstić information content (AvgIpc) is 2.75. The Balaban J connectivity index is 2.72. The Morgan fingerprint density at radius 1 is 1.18 bits per heavy atom. The molecule has 0 spiro atoms. The summed E-state index contributed by atoms with van der Waals surface area (Å²) < 4.78 is 12.8. The first-order valence-corrected chi connectivity index (χ1v) is 10.2. The van der Waals surface area contributed by atoms with Gasteiger partial charge in [0.2, 0.25) is 0 Å². The van der Waals surface area contributed by atoms with E-state index in [2.05, 4.69) is 20.1 Å². The van der Waals surface area contributed by atoms with Crippen LogP contribution in [-0.4, -0.2) is 31.0 Å². The van der Waals surface area contributed by atoms with E-state index in [1.807, 2.05) is 26.8 Å². The molecule has 0 aromatic carbocycles. The SMILES string of the molecule is CC/C(C)=C/C(=C(\N=C(/C)c1ncccn1)c1ccc(N=O)cn1)[S+]([O-])CC. The lowest BCUT2D eigenvalue weighted by Gasteiger charge is -2.14.